The lowest BCUT2D eigenvalue weighted by Crippen LogP contribution is -2.47. The minimum Gasteiger partial charge on any atom is -0.338 e. The lowest BCUT2D eigenvalue weighted by molar-refractivity contribution is -0.136. The van der Waals surface area contributed by atoms with E-state index in [1.165, 1.54) is 0 Å². The van der Waals surface area contributed by atoms with E-state index in [4.69, 9.17) is 0 Å². The van der Waals surface area contributed by atoms with Gasteiger partial charge in [0.1, 0.15) is 0 Å². The van der Waals surface area contributed by atoms with Gasteiger partial charge in [0, 0.05) is 18.5 Å². The third-order valence-electron chi connectivity index (χ3n) is 1.96. The van der Waals surface area contributed by atoms with Gasteiger partial charge in [-0.2, -0.15) is 0 Å². The van der Waals surface area contributed by atoms with Crippen LogP contribution in [0.4, 0.5) is 0 Å². The fraction of sp³-hybridized carbons (Fsp3) is 0.909. The molecule has 2 heteroatoms. The molecule has 0 fully saturated rings. The Morgan fingerprint density at radius 3 is 2.00 bits per heavy atom. The van der Waals surface area contributed by atoms with Crippen LogP contribution in [-0.2, 0) is 4.79 Å². The molecular weight excluding hydrogens is 162 g/mol. The topological polar surface area (TPSA) is 20.3 Å². The first-order chi connectivity index (χ1) is 5.79. The second-order valence-corrected chi connectivity index (χ2v) is 4.92. The molecule has 0 bridgehead atoms. The summed E-state index contributed by atoms with van der Waals surface area (Å²) >= 11 is 0. The first-order valence-corrected chi connectivity index (χ1v) is 5.09. The highest BCUT2D eigenvalue weighted by molar-refractivity contribution is 5.76. The Labute approximate surface area is 82.3 Å². The molecule has 0 heterocycles. The van der Waals surface area contributed by atoms with Crippen molar-refractivity contribution in [2.45, 2.75) is 53.5 Å². The predicted octanol–water partition coefficient (Wildman–Crippen LogP) is 2.68. The van der Waals surface area contributed by atoms with Gasteiger partial charge in [-0.3, -0.25) is 4.79 Å². The minimum absolute atomic E-state index is 0.0443. The third kappa shape index (κ3) is 4.30. The van der Waals surface area contributed by atoms with Crippen molar-refractivity contribution >= 4 is 5.91 Å². The second kappa shape index (κ2) is 4.64. The van der Waals surface area contributed by atoms with E-state index in [1.807, 2.05) is 11.8 Å². The average Bonchev–Trinajstić information content (AvgIpc) is 1.96. The van der Waals surface area contributed by atoms with Gasteiger partial charge in [-0.1, -0.05) is 20.8 Å². The second-order valence-electron chi connectivity index (χ2n) is 4.92. The molecule has 1 amide bonds. The summed E-state index contributed by atoms with van der Waals surface area (Å²) in [4.78, 5) is 13.6. The summed E-state index contributed by atoms with van der Waals surface area (Å²) in [7, 11) is 0. The summed E-state index contributed by atoms with van der Waals surface area (Å²) in [5.74, 6) is 0.788. The number of nitrogens with zero attached hydrogens (tertiary/aromatic N) is 1. The van der Waals surface area contributed by atoms with E-state index in [0.717, 1.165) is 6.54 Å². The zero-order valence-corrected chi connectivity index (χ0v) is 9.85. The highest BCUT2D eigenvalue weighted by Gasteiger charge is 2.25. The maximum atomic E-state index is 11.6. The Hall–Kier alpha value is -0.530. The largest absolute Gasteiger partial charge is 0.338 e. The molecule has 0 N–H and O–H groups in total. The SMILES string of the molecule is CCC(=O)N(CC(C)C)C(C)(C)C. The van der Waals surface area contributed by atoms with Crippen molar-refractivity contribution in [3.63, 3.8) is 0 Å². The first kappa shape index (κ1) is 12.5. The fourth-order valence-electron chi connectivity index (χ4n) is 1.31. The van der Waals surface area contributed by atoms with Crippen molar-refractivity contribution in [1.82, 2.24) is 4.90 Å². The normalized spacial score (nSPS) is 11.9. The molecular formula is C11H23NO. The summed E-state index contributed by atoms with van der Waals surface area (Å²) in [5, 5.41) is 0. The maximum Gasteiger partial charge on any atom is 0.222 e. The van der Waals surface area contributed by atoms with Crippen LogP contribution in [0, 0.1) is 5.92 Å². The van der Waals surface area contributed by atoms with Gasteiger partial charge in [0.05, 0.1) is 0 Å². The molecule has 0 aromatic rings. The van der Waals surface area contributed by atoms with Crippen molar-refractivity contribution in [2.75, 3.05) is 6.54 Å². The molecule has 13 heavy (non-hydrogen) atoms. The van der Waals surface area contributed by atoms with Gasteiger partial charge in [-0.05, 0) is 26.7 Å². The third-order valence-corrected chi connectivity index (χ3v) is 1.96. The quantitative estimate of drug-likeness (QED) is 0.662. The predicted molar refractivity (Wildman–Crippen MR) is 56.6 cm³/mol. The molecule has 0 aliphatic carbocycles. The molecule has 0 saturated carbocycles. The molecule has 0 aliphatic heterocycles. The summed E-state index contributed by atoms with van der Waals surface area (Å²) < 4.78 is 0. The fourth-order valence-corrected chi connectivity index (χ4v) is 1.31. The number of hydrogen-bond donors (Lipinski definition) is 0. The van der Waals surface area contributed by atoms with Gasteiger partial charge in [0.2, 0.25) is 5.91 Å². The molecule has 0 aliphatic rings. The van der Waals surface area contributed by atoms with Crippen LogP contribution in [0.2, 0.25) is 0 Å². The molecule has 0 rings (SSSR count). The van der Waals surface area contributed by atoms with Crippen LogP contribution in [0.5, 0.6) is 0 Å². The monoisotopic (exact) mass is 185 g/mol. The molecule has 0 spiro atoms. The van der Waals surface area contributed by atoms with E-state index in [0.29, 0.717) is 12.3 Å². The van der Waals surface area contributed by atoms with Crippen molar-refractivity contribution < 1.29 is 4.79 Å². The molecule has 0 aromatic carbocycles. The summed E-state index contributed by atoms with van der Waals surface area (Å²) in [5.41, 5.74) is -0.0443. The Balaban J connectivity index is 4.47. The molecule has 0 unspecified atom stereocenters. The summed E-state index contributed by atoms with van der Waals surface area (Å²) in [6.07, 6.45) is 0.601. The van der Waals surface area contributed by atoms with Gasteiger partial charge in [0.15, 0.2) is 0 Å². The van der Waals surface area contributed by atoms with Crippen LogP contribution in [-0.4, -0.2) is 22.9 Å². The number of carbonyl (C=O) groups is 1. The molecule has 2 nitrogen and oxygen atoms in total. The van der Waals surface area contributed by atoms with Crippen LogP contribution in [0.1, 0.15) is 48.0 Å². The van der Waals surface area contributed by atoms with E-state index in [9.17, 15) is 4.79 Å². The van der Waals surface area contributed by atoms with E-state index in [1.54, 1.807) is 0 Å². The Bertz CT molecular complexity index is 167. The van der Waals surface area contributed by atoms with Crippen LogP contribution < -0.4 is 0 Å². The lowest BCUT2D eigenvalue weighted by atomic mass is 10.0. The highest BCUT2D eigenvalue weighted by atomic mass is 16.2. The van der Waals surface area contributed by atoms with Gasteiger partial charge in [-0.15, -0.1) is 0 Å². The van der Waals surface area contributed by atoms with Crippen molar-refractivity contribution in [3.8, 4) is 0 Å². The highest BCUT2D eigenvalue weighted by Crippen LogP contribution is 2.16. The minimum atomic E-state index is -0.0443. The van der Waals surface area contributed by atoms with Crippen molar-refractivity contribution in [2.24, 2.45) is 5.92 Å². The van der Waals surface area contributed by atoms with Crippen LogP contribution in [0.3, 0.4) is 0 Å². The van der Waals surface area contributed by atoms with E-state index >= 15 is 0 Å². The number of rotatable bonds is 3. The molecule has 0 saturated heterocycles. The molecule has 0 atom stereocenters. The zero-order chi connectivity index (χ0) is 10.6. The Morgan fingerprint density at radius 2 is 1.77 bits per heavy atom. The van der Waals surface area contributed by atoms with E-state index in [2.05, 4.69) is 34.6 Å². The van der Waals surface area contributed by atoms with E-state index < -0.39 is 0 Å². The van der Waals surface area contributed by atoms with Gasteiger partial charge in [-0.25, -0.2) is 0 Å². The molecule has 0 radical (unpaired) electrons. The lowest BCUT2D eigenvalue weighted by Gasteiger charge is -2.37. The van der Waals surface area contributed by atoms with Gasteiger partial charge >= 0.3 is 0 Å². The smallest absolute Gasteiger partial charge is 0.222 e. The molecule has 78 valence electrons. The van der Waals surface area contributed by atoms with Crippen molar-refractivity contribution in [1.29, 1.82) is 0 Å². The van der Waals surface area contributed by atoms with Crippen LogP contribution in [0.25, 0.3) is 0 Å². The van der Waals surface area contributed by atoms with Gasteiger partial charge < -0.3 is 4.90 Å². The average molecular weight is 185 g/mol. The number of amides is 1. The summed E-state index contributed by atoms with van der Waals surface area (Å²) in [6, 6.07) is 0. The molecule has 0 aromatic heterocycles. The number of carbonyl (C=O) groups excluding carboxylic acids is 1. The van der Waals surface area contributed by atoms with E-state index in [-0.39, 0.29) is 11.4 Å². The Kier molecular flexibility index (Phi) is 4.45. The zero-order valence-electron chi connectivity index (χ0n) is 9.85. The van der Waals surface area contributed by atoms with Crippen molar-refractivity contribution in [3.05, 3.63) is 0 Å². The number of hydrogen-bond acceptors (Lipinski definition) is 1. The van der Waals surface area contributed by atoms with Crippen LogP contribution >= 0.6 is 0 Å². The van der Waals surface area contributed by atoms with Gasteiger partial charge in [0.25, 0.3) is 0 Å². The first-order valence-electron chi connectivity index (χ1n) is 5.09. The summed E-state index contributed by atoms with van der Waals surface area (Å²) in [6.45, 7) is 13.3. The standard InChI is InChI=1S/C11H23NO/c1-7-10(13)12(8-9(2)3)11(4,5)6/h9H,7-8H2,1-6H3. The maximum absolute atomic E-state index is 11.6. The Morgan fingerprint density at radius 1 is 1.31 bits per heavy atom. The van der Waals surface area contributed by atoms with Crippen LogP contribution in [0.15, 0.2) is 0 Å².